The Morgan fingerprint density at radius 2 is 0.600 bits per heavy atom. The van der Waals surface area contributed by atoms with Gasteiger partial charge in [-0.1, -0.05) is 0 Å². The van der Waals surface area contributed by atoms with Gasteiger partial charge in [-0.3, -0.25) is 0 Å². The van der Waals surface area contributed by atoms with Crippen molar-refractivity contribution in [3.05, 3.63) is 0 Å². The summed E-state index contributed by atoms with van der Waals surface area (Å²) >= 11 is 0. The molecule has 5 heteroatoms. The molecular weight excluding hydrogens is 216 g/mol. The first-order valence-electron chi connectivity index (χ1n) is 0. The maximum Gasteiger partial charge on any atom is 1.00 e. The Balaban J connectivity index is 0. The minimum atomic E-state index is 0. The maximum absolute atomic E-state index is 0. The van der Waals surface area contributed by atoms with E-state index < -0.39 is 0 Å². The van der Waals surface area contributed by atoms with Gasteiger partial charge >= 0.3 is 68.9 Å². The molecule has 0 rings (SSSR count). The van der Waals surface area contributed by atoms with Gasteiger partial charge in [0.05, 0.1) is 0 Å². The first-order chi connectivity index (χ1) is 0. The van der Waals surface area contributed by atoms with Crippen LogP contribution >= 0.6 is 0 Å². The van der Waals surface area contributed by atoms with Crippen molar-refractivity contribution < 1.29 is 97.7 Å². The molecule has 0 aromatic carbocycles. The molecule has 0 fully saturated rings. The molecule has 0 aliphatic rings. The fourth-order valence-electron chi connectivity index (χ4n) is 0. The minimum absolute atomic E-state index is 0. The molecule has 3 nitrogen and oxygen atoms in total. The van der Waals surface area contributed by atoms with Gasteiger partial charge in [-0.15, -0.1) is 0 Å². The molecule has 0 aromatic rings. The Hall–Kier alpha value is 2.22. The maximum atomic E-state index is 0. The van der Waals surface area contributed by atoms with Crippen LogP contribution in [0.3, 0.4) is 0 Å². The van der Waals surface area contributed by atoms with E-state index in [0.29, 0.717) is 0 Å². The minimum Gasteiger partial charge on any atom is -1.00 e. The molecule has 0 atom stereocenters. The van der Waals surface area contributed by atoms with Crippen molar-refractivity contribution in [2.75, 3.05) is 0 Å². The van der Waals surface area contributed by atoms with Gasteiger partial charge in [0.15, 0.2) is 0 Å². The Morgan fingerprint density at radius 3 is 0.600 bits per heavy atom. The van der Waals surface area contributed by atoms with Gasteiger partial charge in [-0.05, 0) is 0 Å². The zero-order valence-corrected chi connectivity index (χ0v) is 9.91. The van der Waals surface area contributed by atoms with Crippen LogP contribution in [0.4, 0.5) is 0 Å². The van der Waals surface area contributed by atoms with Crippen molar-refractivity contribution in [2.24, 2.45) is 0 Å². The van der Waals surface area contributed by atoms with E-state index in [9.17, 15) is 0 Å². The third kappa shape index (κ3) is 22.5. The summed E-state index contributed by atoms with van der Waals surface area (Å²) in [5.74, 6) is 0. The molecule has 5 heavy (non-hydrogen) atoms. The fraction of sp³-hybridized carbons (Fsp3) is 0. The SMILES string of the molecule is O.O.O.[Cl-].[Cs+]. The van der Waals surface area contributed by atoms with Crippen molar-refractivity contribution in [1.29, 1.82) is 0 Å². The van der Waals surface area contributed by atoms with Crippen molar-refractivity contribution in [3.8, 4) is 0 Å². The molecule has 0 heterocycles. The van der Waals surface area contributed by atoms with Crippen LogP contribution in [0.5, 0.6) is 0 Å². The summed E-state index contributed by atoms with van der Waals surface area (Å²) in [6.07, 6.45) is 0. The number of hydrogen-bond donors (Lipinski definition) is 0. The first-order valence-corrected chi connectivity index (χ1v) is 0. The molecule has 32 valence electrons. The largest absolute Gasteiger partial charge is 1.00 e. The summed E-state index contributed by atoms with van der Waals surface area (Å²) in [5, 5.41) is 0. The van der Waals surface area contributed by atoms with Crippen molar-refractivity contribution in [1.82, 2.24) is 0 Å². The zero-order chi connectivity index (χ0) is 0. The van der Waals surface area contributed by atoms with E-state index in [0.717, 1.165) is 0 Å². The van der Waals surface area contributed by atoms with Gasteiger partial charge < -0.3 is 28.8 Å². The van der Waals surface area contributed by atoms with Crippen LogP contribution in [0, 0.1) is 0 Å². The van der Waals surface area contributed by atoms with Crippen LogP contribution in [-0.4, -0.2) is 16.4 Å². The summed E-state index contributed by atoms with van der Waals surface area (Å²) in [5.41, 5.74) is 0. The molecule has 0 amide bonds. The second-order valence-corrected chi connectivity index (χ2v) is 0. The Morgan fingerprint density at radius 1 is 0.600 bits per heavy atom. The van der Waals surface area contributed by atoms with Crippen LogP contribution < -0.4 is 81.3 Å². The van der Waals surface area contributed by atoms with Crippen LogP contribution in [-0.2, 0) is 0 Å². The molecule has 0 unspecified atom stereocenters. The summed E-state index contributed by atoms with van der Waals surface area (Å²) < 4.78 is 0. The number of halogens is 1. The standard InChI is InChI=1S/ClH.Cs.3H2O/h1H;;3*1H2/q;+1;;;/p-1. The molecule has 0 saturated carbocycles. The molecule has 0 spiro atoms. The Bertz CT molecular complexity index is 6.85. The van der Waals surface area contributed by atoms with Gasteiger partial charge in [0, 0.05) is 0 Å². The molecule has 0 radical (unpaired) electrons. The molecule has 0 aliphatic carbocycles. The average Bonchev–Trinajstić information content (AvgIpc) is 0. The van der Waals surface area contributed by atoms with Crippen molar-refractivity contribution >= 4 is 0 Å². The van der Waals surface area contributed by atoms with E-state index >= 15 is 0 Å². The Kier molecular flexibility index (Phi) is 389. The van der Waals surface area contributed by atoms with Crippen molar-refractivity contribution in [3.63, 3.8) is 0 Å². The zero-order valence-electron chi connectivity index (χ0n) is 2.88. The topological polar surface area (TPSA) is 94.5 Å². The molecule has 0 aliphatic heterocycles. The van der Waals surface area contributed by atoms with E-state index in [-0.39, 0.29) is 97.7 Å². The normalized spacial score (nSPS) is 0. The van der Waals surface area contributed by atoms with Crippen LogP contribution in [0.2, 0.25) is 0 Å². The monoisotopic (exact) mass is 222 g/mol. The predicted octanol–water partition coefficient (Wildman–Crippen LogP) is -8.47. The van der Waals surface area contributed by atoms with E-state index in [1.165, 1.54) is 0 Å². The number of hydrogen-bond acceptors (Lipinski definition) is 0. The second kappa shape index (κ2) is 34.4. The van der Waals surface area contributed by atoms with Gasteiger partial charge in [-0.2, -0.15) is 0 Å². The van der Waals surface area contributed by atoms with Gasteiger partial charge in [0.25, 0.3) is 0 Å². The van der Waals surface area contributed by atoms with Gasteiger partial charge in [0.2, 0.25) is 0 Å². The first kappa shape index (κ1) is 56.6. The Labute approximate surface area is 95.3 Å². The molecular formula is H6ClCsO3. The van der Waals surface area contributed by atoms with E-state index in [2.05, 4.69) is 0 Å². The van der Waals surface area contributed by atoms with E-state index in [1.807, 2.05) is 0 Å². The third-order valence-corrected chi connectivity index (χ3v) is 0. The van der Waals surface area contributed by atoms with Crippen LogP contribution in [0.15, 0.2) is 0 Å². The van der Waals surface area contributed by atoms with E-state index in [1.54, 1.807) is 0 Å². The summed E-state index contributed by atoms with van der Waals surface area (Å²) in [7, 11) is 0. The van der Waals surface area contributed by atoms with Gasteiger partial charge in [-0.25, -0.2) is 0 Å². The second-order valence-electron chi connectivity index (χ2n) is 0. The van der Waals surface area contributed by atoms with Crippen LogP contribution in [0.1, 0.15) is 0 Å². The quantitative estimate of drug-likeness (QED) is 0.389. The average molecular weight is 222 g/mol. The predicted molar refractivity (Wildman–Crippen MR) is 10.8 cm³/mol. The molecule has 6 N–H and O–H groups in total. The molecule has 0 aromatic heterocycles. The molecule has 0 bridgehead atoms. The summed E-state index contributed by atoms with van der Waals surface area (Å²) in [6.45, 7) is 0. The molecule has 0 saturated heterocycles. The number of rotatable bonds is 0. The van der Waals surface area contributed by atoms with Crippen LogP contribution in [0.25, 0.3) is 0 Å². The third-order valence-electron chi connectivity index (χ3n) is 0. The van der Waals surface area contributed by atoms with Gasteiger partial charge in [0.1, 0.15) is 0 Å². The fourth-order valence-corrected chi connectivity index (χ4v) is 0. The van der Waals surface area contributed by atoms with E-state index in [4.69, 9.17) is 0 Å². The summed E-state index contributed by atoms with van der Waals surface area (Å²) in [6, 6.07) is 0. The summed E-state index contributed by atoms with van der Waals surface area (Å²) in [4.78, 5) is 0. The van der Waals surface area contributed by atoms with Crippen molar-refractivity contribution in [2.45, 2.75) is 0 Å². The smallest absolute Gasteiger partial charge is 1.00 e.